The molecule has 1 N–H and O–H groups in total. The van der Waals surface area contributed by atoms with Crippen molar-refractivity contribution < 1.29 is 14.2 Å². The smallest absolute Gasteiger partial charge is 0.293 e. The second-order valence-corrected chi connectivity index (χ2v) is 4.46. The highest BCUT2D eigenvalue weighted by Gasteiger charge is 2.21. The van der Waals surface area contributed by atoms with E-state index < -0.39 is 6.29 Å². The lowest BCUT2D eigenvalue weighted by molar-refractivity contribution is -0.143. The maximum absolute atomic E-state index is 12.0. The number of nitrogens with one attached hydrogen (secondary N) is 1. The van der Waals surface area contributed by atoms with Gasteiger partial charge in [0.25, 0.3) is 5.56 Å². The van der Waals surface area contributed by atoms with Gasteiger partial charge in [-0.3, -0.25) is 4.79 Å². The second kappa shape index (κ2) is 8.31. The van der Waals surface area contributed by atoms with Gasteiger partial charge in [0, 0.05) is 13.2 Å². The molecule has 0 amide bonds. The Hall–Kier alpha value is -2.18. The van der Waals surface area contributed by atoms with Crippen LogP contribution in [0, 0.1) is 0 Å². The van der Waals surface area contributed by atoms with Gasteiger partial charge < -0.3 is 19.2 Å². The van der Waals surface area contributed by atoms with Crippen LogP contribution in [0.25, 0.3) is 0 Å². The van der Waals surface area contributed by atoms with Crippen molar-refractivity contribution in [1.82, 2.24) is 9.97 Å². The van der Waals surface area contributed by atoms with E-state index in [-0.39, 0.29) is 17.9 Å². The lowest BCUT2D eigenvalue weighted by Gasteiger charge is -2.18. The number of aromatic nitrogens is 2. The van der Waals surface area contributed by atoms with Gasteiger partial charge in [-0.05, 0) is 19.4 Å². The fraction of sp³-hybridized carbons (Fsp3) is 0.375. The van der Waals surface area contributed by atoms with Crippen molar-refractivity contribution in [3.8, 4) is 5.75 Å². The molecule has 2 rings (SSSR count). The van der Waals surface area contributed by atoms with Crippen LogP contribution in [-0.4, -0.2) is 23.2 Å². The minimum atomic E-state index is -0.719. The summed E-state index contributed by atoms with van der Waals surface area (Å²) in [4.78, 5) is 18.7. The molecule has 118 valence electrons. The molecule has 22 heavy (non-hydrogen) atoms. The highest BCUT2D eigenvalue weighted by Crippen LogP contribution is 2.23. The van der Waals surface area contributed by atoms with Crippen molar-refractivity contribution in [2.45, 2.75) is 26.7 Å². The molecule has 0 aliphatic rings. The van der Waals surface area contributed by atoms with Gasteiger partial charge in [-0.1, -0.05) is 30.3 Å². The van der Waals surface area contributed by atoms with Gasteiger partial charge in [-0.25, -0.2) is 4.98 Å². The molecule has 0 bridgehead atoms. The van der Waals surface area contributed by atoms with E-state index in [1.54, 1.807) is 0 Å². The van der Waals surface area contributed by atoms with Crippen LogP contribution in [0.2, 0.25) is 0 Å². The Balaban J connectivity index is 2.23. The molecule has 0 fully saturated rings. The molecule has 0 radical (unpaired) electrons. The van der Waals surface area contributed by atoms with Crippen molar-refractivity contribution in [2.75, 3.05) is 13.2 Å². The highest BCUT2D eigenvalue weighted by atomic mass is 16.7. The zero-order valence-electron chi connectivity index (χ0n) is 12.7. The van der Waals surface area contributed by atoms with Gasteiger partial charge in [-0.2, -0.15) is 0 Å². The number of hydrogen-bond acceptors (Lipinski definition) is 5. The summed E-state index contributed by atoms with van der Waals surface area (Å²) >= 11 is 0. The van der Waals surface area contributed by atoms with Gasteiger partial charge >= 0.3 is 0 Å². The average Bonchev–Trinajstić information content (AvgIpc) is 2.54. The van der Waals surface area contributed by atoms with Crippen LogP contribution in [0.15, 0.2) is 41.5 Å². The minimum Gasteiger partial charge on any atom is -0.481 e. The Morgan fingerprint density at radius 2 is 1.82 bits per heavy atom. The lowest BCUT2D eigenvalue weighted by Crippen LogP contribution is -2.19. The van der Waals surface area contributed by atoms with E-state index >= 15 is 0 Å². The number of H-pyrrole nitrogens is 1. The summed E-state index contributed by atoms with van der Waals surface area (Å²) in [7, 11) is 0. The van der Waals surface area contributed by atoms with E-state index in [9.17, 15) is 4.79 Å². The minimum absolute atomic E-state index is 0.123. The van der Waals surface area contributed by atoms with Crippen LogP contribution < -0.4 is 10.3 Å². The Morgan fingerprint density at radius 3 is 2.45 bits per heavy atom. The molecule has 0 aliphatic heterocycles. The first-order valence-electron chi connectivity index (χ1n) is 7.23. The molecule has 0 saturated heterocycles. The van der Waals surface area contributed by atoms with E-state index in [1.165, 1.54) is 6.33 Å². The molecule has 0 unspecified atom stereocenters. The largest absolute Gasteiger partial charge is 0.481 e. The number of aromatic amines is 1. The first-order chi connectivity index (χ1) is 10.8. The molecule has 0 saturated carbocycles. The van der Waals surface area contributed by atoms with E-state index in [1.807, 2.05) is 44.2 Å². The summed E-state index contributed by atoms with van der Waals surface area (Å²) < 4.78 is 16.7. The lowest BCUT2D eigenvalue weighted by atomic mass is 10.2. The van der Waals surface area contributed by atoms with Gasteiger partial charge in [-0.15, -0.1) is 0 Å². The van der Waals surface area contributed by atoms with Crippen molar-refractivity contribution in [2.24, 2.45) is 0 Å². The predicted molar refractivity (Wildman–Crippen MR) is 81.6 cm³/mol. The van der Waals surface area contributed by atoms with Crippen LogP contribution in [0.4, 0.5) is 0 Å². The first kappa shape index (κ1) is 16.2. The van der Waals surface area contributed by atoms with Crippen LogP contribution >= 0.6 is 0 Å². The quantitative estimate of drug-likeness (QED) is 0.758. The summed E-state index contributed by atoms with van der Waals surface area (Å²) in [5.74, 6) is 0.123. The number of ether oxygens (including phenoxy) is 3. The molecule has 0 atom stereocenters. The highest BCUT2D eigenvalue weighted by molar-refractivity contribution is 5.25. The first-order valence-corrected chi connectivity index (χ1v) is 7.23. The van der Waals surface area contributed by atoms with E-state index in [0.29, 0.717) is 18.9 Å². The Bertz CT molecular complexity index is 622. The fourth-order valence-electron chi connectivity index (χ4n) is 1.95. The van der Waals surface area contributed by atoms with E-state index in [0.717, 1.165) is 5.56 Å². The monoisotopic (exact) mass is 304 g/mol. The second-order valence-electron chi connectivity index (χ2n) is 4.46. The molecule has 1 aromatic carbocycles. The molecule has 1 aromatic heterocycles. The van der Waals surface area contributed by atoms with E-state index in [4.69, 9.17) is 14.2 Å². The maximum Gasteiger partial charge on any atom is 0.293 e. The van der Waals surface area contributed by atoms with Gasteiger partial charge in [0.1, 0.15) is 12.3 Å². The molecule has 0 spiro atoms. The van der Waals surface area contributed by atoms with Crippen LogP contribution in [0.3, 0.4) is 0 Å². The summed E-state index contributed by atoms with van der Waals surface area (Å²) in [6, 6.07) is 9.60. The molecule has 6 heteroatoms. The number of rotatable bonds is 8. The zero-order valence-corrected chi connectivity index (χ0v) is 12.7. The van der Waals surface area contributed by atoms with Crippen molar-refractivity contribution >= 4 is 0 Å². The SMILES string of the molecule is CCOC(OCC)c1nc[nH]c(=O)c1OCc1ccccc1. The van der Waals surface area contributed by atoms with Crippen LogP contribution in [-0.2, 0) is 16.1 Å². The van der Waals surface area contributed by atoms with Crippen LogP contribution in [0.5, 0.6) is 5.75 Å². The number of benzene rings is 1. The van der Waals surface area contributed by atoms with Crippen molar-refractivity contribution in [1.29, 1.82) is 0 Å². The normalized spacial score (nSPS) is 10.9. The van der Waals surface area contributed by atoms with Gasteiger partial charge in [0.15, 0.2) is 0 Å². The topological polar surface area (TPSA) is 73.4 Å². The van der Waals surface area contributed by atoms with E-state index in [2.05, 4.69) is 9.97 Å². The predicted octanol–water partition coefficient (Wildman–Crippen LogP) is 2.42. The zero-order chi connectivity index (χ0) is 15.8. The summed E-state index contributed by atoms with van der Waals surface area (Å²) in [6.07, 6.45) is 0.598. The van der Waals surface area contributed by atoms with Gasteiger partial charge in [0.2, 0.25) is 12.0 Å². The van der Waals surface area contributed by atoms with Crippen molar-refractivity contribution in [3.63, 3.8) is 0 Å². The third-order valence-corrected chi connectivity index (χ3v) is 2.92. The Morgan fingerprint density at radius 1 is 1.14 bits per heavy atom. The summed E-state index contributed by atoms with van der Waals surface area (Å²) in [5, 5.41) is 0. The molecule has 0 aliphatic carbocycles. The maximum atomic E-state index is 12.0. The average molecular weight is 304 g/mol. The third kappa shape index (κ3) is 4.16. The molecule has 1 heterocycles. The van der Waals surface area contributed by atoms with Crippen LogP contribution in [0.1, 0.15) is 31.4 Å². The fourth-order valence-corrected chi connectivity index (χ4v) is 1.95. The van der Waals surface area contributed by atoms with Crippen molar-refractivity contribution in [3.05, 3.63) is 58.3 Å². The molecule has 6 nitrogen and oxygen atoms in total. The Labute approximate surface area is 129 Å². The summed E-state index contributed by atoms with van der Waals surface area (Å²) in [5.41, 5.74) is 0.954. The summed E-state index contributed by atoms with van der Waals surface area (Å²) in [6.45, 7) is 4.86. The molecule has 2 aromatic rings. The standard InChI is InChI=1S/C16H20N2O4/c1-3-20-16(21-4-2)13-14(15(19)18-11-17-13)22-10-12-8-6-5-7-9-12/h5-9,11,16H,3-4,10H2,1-2H3,(H,17,18,19). The van der Waals surface area contributed by atoms with Gasteiger partial charge in [0.05, 0.1) is 6.33 Å². The molecular formula is C16H20N2O4. The molecular weight excluding hydrogens is 284 g/mol. The third-order valence-electron chi connectivity index (χ3n) is 2.92. The number of nitrogens with zero attached hydrogens (tertiary/aromatic N) is 1. The Kier molecular flexibility index (Phi) is 6.12. The number of hydrogen-bond donors (Lipinski definition) is 1.